The van der Waals surface area contributed by atoms with E-state index in [1.807, 2.05) is 0 Å². The number of sulfonamides is 1. The summed E-state index contributed by atoms with van der Waals surface area (Å²) in [5, 5.41) is 2.87. The zero-order valence-corrected chi connectivity index (χ0v) is 17.0. The molecule has 0 saturated heterocycles. The molecule has 2 aromatic rings. The average Bonchev–Trinajstić information content (AvgIpc) is 2.70. The minimum Gasteiger partial charge on any atom is -0.352 e. The van der Waals surface area contributed by atoms with Crippen molar-refractivity contribution in [1.82, 2.24) is 10.0 Å². The van der Waals surface area contributed by atoms with Crippen LogP contribution in [0.4, 0.5) is 0 Å². The first-order valence-electron chi connectivity index (χ1n) is 9.31. The van der Waals surface area contributed by atoms with Gasteiger partial charge in [0.15, 0.2) is 5.78 Å². The van der Waals surface area contributed by atoms with Crippen molar-refractivity contribution in [1.29, 1.82) is 0 Å². The van der Waals surface area contributed by atoms with Crippen molar-refractivity contribution in [2.24, 2.45) is 0 Å². The highest BCUT2D eigenvalue weighted by molar-refractivity contribution is 7.89. The van der Waals surface area contributed by atoms with Crippen LogP contribution in [0.3, 0.4) is 0 Å². The highest BCUT2D eigenvalue weighted by Gasteiger charge is 2.14. The molecular formula is C21H26N2O4S. The second-order valence-electron chi connectivity index (χ2n) is 6.57. The third kappa shape index (κ3) is 6.28. The molecule has 0 spiro atoms. The number of benzene rings is 2. The molecule has 0 fully saturated rings. The van der Waals surface area contributed by atoms with Gasteiger partial charge in [0.05, 0.1) is 4.90 Å². The van der Waals surface area contributed by atoms with Gasteiger partial charge in [-0.15, -0.1) is 0 Å². The van der Waals surface area contributed by atoms with Crippen LogP contribution in [-0.4, -0.2) is 26.7 Å². The lowest BCUT2D eigenvalue weighted by Crippen LogP contribution is -2.25. The lowest BCUT2D eigenvalue weighted by Gasteiger charge is -2.09. The molecule has 0 unspecified atom stereocenters. The number of unbranched alkanes of at least 4 members (excludes halogenated alkanes) is 2. The standard InChI is InChI=1S/C21H26N2O4S/c1-3-4-5-14-22-21(25)19-8-6-17(7-9-19)15-23-28(26,27)20-12-10-18(11-13-20)16(2)24/h6-13,23H,3-5,14-15H2,1-2H3,(H,22,25). The molecule has 28 heavy (non-hydrogen) atoms. The molecule has 0 radical (unpaired) electrons. The van der Waals surface area contributed by atoms with Crippen LogP contribution in [0.25, 0.3) is 0 Å². The monoisotopic (exact) mass is 402 g/mol. The minimum absolute atomic E-state index is 0.0978. The molecule has 2 N–H and O–H groups in total. The van der Waals surface area contributed by atoms with Crippen molar-refractivity contribution in [3.63, 3.8) is 0 Å². The molecule has 2 rings (SSSR count). The predicted molar refractivity (Wildman–Crippen MR) is 109 cm³/mol. The number of Topliss-reactive ketones (excluding diaryl/α,β-unsaturated/α-hetero) is 1. The second kappa shape index (κ2) is 10.1. The van der Waals surface area contributed by atoms with Gasteiger partial charge in [-0.2, -0.15) is 0 Å². The largest absolute Gasteiger partial charge is 0.352 e. The zero-order chi connectivity index (χ0) is 20.6. The maximum atomic E-state index is 12.4. The van der Waals surface area contributed by atoms with Crippen LogP contribution in [0.5, 0.6) is 0 Å². The van der Waals surface area contributed by atoms with Crippen LogP contribution in [0.1, 0.15) is 59.4 Å². The smallest absolute Gasteiger partial charge is 0.251 e. The van der Waals surface area contributed by atoms with Gasteiger partial charge in [-0.3, -0.25) is 9.59 Å². The van der Waals surface area contributed by atoms with E-state index in [0.717, 1.165) is 24.8 Å². The number of amides is 1. The first kappa shape index (κ1) is 21.8. The van der Waals surface area contributed by atoms with Gasteiger partial charge >= 0.3 is 0 Å². The van der Waals surface area contributed by atoms with Crippen LogP contribution in [0.15, 0.2) is 53.4 Å². The fourth-order valence-electron chi connectivity index (χ4n) is 2.58. The van der Waals surface area contributed by atoms with Crippen molar-refractivity contribution < 1.29 is 18.0 Å². The Labute approximate surface area is 166 Å². The molecule has 0 aliphatic carbocycles. The van der Waals surface area contributed by atoms with Crippen molar-refractivity contribution in [3.05, 3.63) is 65.2 Å². The quantitative estimate of drug-likeness (QED) is 0.471. The lowest BCUT2D eigenvalue weighted by molar-refractivity contribution is 0.0952. The number of ketones is 1. The van der Waals surface area contributed by atoms with E-state index in [2.05, 4.69) is 17.0 Å². The number of nitrogens with one attached hydrogen (secondary N) is 2. The number of carbonyl (C=O) groups excluding carboxylic acids is 2. The highest BCUT2D eigenvalue weighted by Crippen LogP contribution is 2.12. The van der Waals surface area contributed by atoms with Gasteiger partial charge in [0, 0.05) is 24.2 Å². The van der Waals surface area contributed by atoms with Crippen LogP contribution < -0.4 is 10.0 Å². The van der Waals surface area contributed by atoms with E-state index in [4.69, 9.17) is 0 Å². The van der Waals surface area contributed by atoms with E-state index in [1.54, 1.807) is 24.3 Å². The third-order valence-electron chi connectivity index (χ3n) is 4.32. The normalized spacial score (nSPS) is 11.2. The first-order valence-corrected chi connectivity index (χ1v) is 10.8. The van der Waals surface area contributed by atoms with E-state index in [0.29, 0.717) is 17.7 Å². The summed E-state index contributed by atoms with van der Waals surface area (Å²) < 4.78 is 27.3. The summed E-state index contributed by atoms with van der Waals surface area (Å²) in [5.41, 5.74) is 1.75. The molecule has 0 atom stereocenters. The Bertz CT molecular complexity index is 904. The summed E-state index contributed by atoms with van der Waals surface area (Å²) in [6.45, 7) is 4.29. The maximum absolute atomic E-state index is 12.4. The minimum atomic E-state index is -3.69. The lowest BCUT2D eigenvalue weighted by atomic mass is 10.1. The van der Waals surface area contributed by atoms with E-state index < -0.39 is 10.0 Å². The fraction of sp³-hybridized carbons (Fsp3) is 0.333. The molecule has 0 heterocycles. The topological polar surface area (TPSA) is 92.3 Å². The Morgan fingerprint density at radius 3 is 2.07 bits per heavy atom. The molecule has 150 valence electrons. The molecule has 0 aliphatic rings. The molecule has 0 aromatic heterocycles. The molecule has 0 saturated carbocycles. The summed E-state index contributed by atoms with van der Waals surface area (Å²) in [7, 11) is -3.69. The molecule has 1 amide bonds. The van der Waals surface area contributed by atoms with Crippen LogP contribution in [-0.2, 0) is 16.6 Å². The van der Waals surface area contributed by atoms with Gasteiger partial charge in [-0.25, -0.2) is 13.1 Å². The van der Waals surface area contributed by atoms with Crippen LogP contribution in [0.2, 0.25) is 0 Å². The van der Waals surface area contributed by atoms with E-state index >= 15 is 0 Å². The van der Waals surface area contributed by atoms with Gasteiger partial charge in [0.25, 0.3) is 5.91 Å². The summed E-state index contributed by atoms with van der Waals surface area (Å²) in [4.78, 5) is 23.4. The third-order valence-corrected chi connectivity index (χ3v) is 5.74. The summed E-state index contributed by atoms with van der Waals surface area (Å²) >= 11 is 0. The molecular weight excluding hydrogens is 376 g/mol. The van der Waals surface area contributed by atoms with Crippen molar-refractivity contribution >= 4 is 21.7 Å². The Hall–Kier alpha value is -2.51. The zero-order valence-electron chi connectivity index (χ0n) is 16.2. The number of carbonyl (C=O) groups is 2. The Morgan fingerprint density at radius 2 is 1.50 bits per heavy atom. The number of rotatable bonds is 10. The molecule has 2 aromatic carbocycles. The maximum Gasteiger partial charge on any atom is 0.251 e. The second-order valence-corrected chi connectivity index (χ2v) is 8.33. The average molecular weight is 403 g/mol. The summed E-state index contributed by atoms with van der Waals surface area (Å²) in [5.74, 6) is -0.250. The highest BCUT2D eigenvalue weighted by atomic mass is 32.2. The van der Waals surface area contributed by atoms with Gasteiger partial charge in [-0.05, 0) is 43.2 Å². The van der Waals surface area contributed by atoms with Gasteiger partial charge < -0.3 is 5.32 Å². The number of hydrogen-bond acceptors (Lipinski definition) is 4. The van der Waals surface area contributed by atoms with E-state index in [9.17, 15) is 18.0 Å². The molecule has 6 nitrogen and oxygen atoms in total. The van der Waals surface area contributed by atoms with Crippen molar-refractivity contribution in [2.45, 2.75) is 44.6 Å². The Morgan fingerprint density at radius 1 is 0.893 bits per heavy atom. The van der Waals surface area contributed by atoms with Crippen molar-refractivity contribution in [2.75, 3.05) is 6.54 Å². The van der Waals surface area contributed by atoms with Gasteiger partial charge in [0.2, 0.25) is 10.0 Å². The molecule has 0 bridgehead atoms. The molecule has 0 aliphatic heterocycles. The Kier molecular flexibility index (Phi) is 7.90. The van der Waals surface area contributed by atoms with E-state index in [1.165, 1.54) is 31.2 Å². The Balaban J connectivity index is 1.93. The van der Waals surface area contributed by atoms with Crippen molar-refractivity contribution in [3.8, 4) is 0 Å². The SMILES string of the molecule is CCCCCNC(=O)c1ccc(CNS(=O)(=O)c2ccc(C(C)=O)cc2)cc1. The van der Waals surface area contributed by atoms with Gasteiger partial charge in [-0.1, -0.05) is 44.0 Å². The van der Waals surface area contributed by atoms with Gasteiger partial charge in [0.1, 0.15) is 0 Å². The predicted octanol–water partition coefficient (Wildman–Crippen LogP) is 3.29. The van der Waals surface area contributed by atoms with Crippen LogP contribution in [0, 0.1) is 0 Å². The van der Waals surface area contributed by atoms with E-state index in [-0.39, 0.29) is 23.1 Å². The first-order chi connectivity index (χ1) is 13.3. The van der Waals surface area contributed by atoms with Crippen LogP contribution >= 0.6 is 0 Å². The molecule has 7 heteroatoms. The summed E-state index contributed by atoms with van der Waals surface area (Å²) in [6.07, 6.45) is 3.13. The number of hydrogen-bond donors (Lipinski definition) is 2. The summed E-state index contributed by atoms with van der Waals surface area (Å²) in [6, 6.07) is 12.6. The fourth-order valence-corrected chi connectivity index (χ4v) is 3.60.